The highest BCUT2D eigenvalue weighted by Crippen LogP contribution is 2.32. The highest BCUT2D eigenvalue weighted by Gasteiger charge is 2.37. The Morgan fingerprint density at radius 1 is 1.18 bits per heavy atom. The summed E-state index contributed by atoms with van der Waals surface area (Å²) >= 11 is 5.99. The second-order valence-corrected chi connectivity index (χ2v) is 7.04. The van der Waals surface area contributed by atoms with Crippen LogP contribution in [0.4, 0.5) is 26.3 Å². The molecular weight excluding hydrogens is 482 g/mol. The van der Waals surface area contributed by atoms with Gasteiger partial charge in [0.05, 0.1) is 12.1 Å². The summed E-state index contributed by atoms with van der Waals surface area (Å²) in [5, 5.41) is 5.45. The number of halogens is 7. The topological polar surface area (TPSA) is 90.1 Å². The normalized spacial score (nSPS) is 12.0. The number of aromatic nitrogens is 3. The number of carbonyl (C=O) groups excluding carboxylic acids is 1. The maximum absolute atomic E-state index is 12.6. The fraction of sp³-hybridized carbons (Fsp3) is 0.263. The van der Waals surface area contributed by atoms with Crippen LogP contribution in [0.25, 0.3) is 11.1 Å². The lowest BCUT2D eigenvalue weighted by molar-refractivity contribution is -0.154. The maximum Gasteiger partial charge on any atom is 0.455 e. The van der Waals surface area contributed by atoms with Crippen molar-refractivity contribution in [3.05, 3.63) is 58.3 Å². The molecule has 0 bridgehead atoms. The molecule has 0 aliphatic heterocycles. The number of carbonyl (C=O) groups is 1. The minimum Gasteiger partial charge on any atom is -0.468 e. The van der Waals surface area contributed by atoms with Gasteiger partial charge < -0.3 is 14.6 Å². The largest absolute Gasteiger partial charge is 0.468 e. The van der Waals surface area contributed by atoms with Crippen LogP contribution >= 0.6 is 11.6 Å². The Balaban J connectivity index is 1.85. The first-order valence-electron chi connectivity index (χ1n) is 8.97. The number of hydrogen-bond acceptors (Lipinski definition) is 6. The van der Waals surface area contributed by atoms with Crippen LogP contribution in [0.1, 0.15) is 27.6 Å². The molecule has 176 valence electrons. The van der Waals surface area contributed by atoms with Crippen molar-refractivity contribution in [2.75, 3.05) is 6.61 Å². The van der Waals surface area contributed by atoms with Crippen LogP contribution in [-0.2, 0) is 12.7 Å². The Kier molecular flexibility index (Phi) is 6.81. The lowest BCUT2D eigenvalue weighted by Crippen LogP contribution is -2.24. The number of ether oxygens (including phenoxy) is 1. The number of alkyl halides is 6. The second kappa shape index (κ2) is 9.25. The number of rotatable bonds is 6. The van der Waals surface area contributed by atoms with Gasteiger partial charge in [0.25, 0.3) is 11.7 Å². The third-order valence-corrected chi connectivity index (χ3v) is 4.50. The molecule has 0 atom stereocenters. The van der Waals surface area contributed by atoms with Crippen molar-refractivity contribution in [2.45, 2.75) is 25.8 Å². The monoisotopic (exact) mass is 494 g/mol. The summed E-state index contributed by atoms with van der Waals surface area (Å²) in [6.45, 7) is -0.459. The number of aryl methyl sites for hydroxylation is 1. The molecule has 14 heteroatoms. The lowest BCUT2D eigenvalue weighted by Gasteiger charge is -2.14. The highest BCUT2D eigenvalue weighted by molar-refractivity contribution is 6.31. The number of hydrogen-bond donors (Lipinski definition) is 1. The van der Waals surface area contributed by atoms with Crippen molar-refractivity contribution < 1.29 is 40.4 Å². The number of nitrogens with zero attached hydrogens (tertiary/aromatic N) is 3. The fourth-order valence-corrected chi connectivity index (χ4v) is 2.68. The molecule has 0 radical (unpaired) electrons. The first-order valence-corrected chi connectivity index (χ1v) is 9.35. The number of amides is 1. The number of nitrogens with one attached hydrogen (secondary N) is 1. The van der Waals surface area contributed by atoms with Crippen LogP contribution in [0.2, 0.25) is 5.02 Å². The molecule has 0 spiro atoms. The second-order valence-electron chi connectivity index (χ2n) is 6.64. The van der Waals surface area contributed by atoms with E-state index in [9.17, 15) is 31.1 Å². The van der Waals surface area contributed by atoms with Crippen molar-refractivity contribution in [2.24, 2.45) is 0 Å². The zero-order valence-corrected chi connectivity index (χ0v) is 17.3. The molecular formula is C19H13ClF6N4O3. The molecule has 7 nitrogen and oxygen atoms in total. The molecule has 3 rings (SSSR count). The molecule has 0 aliphatic carbocycles. The average Bonchev–Trinajstić information content (AvgIpc) is 3.21. The molecule has 33 heavy (non-hydrogen) atoms. The zero-order valence-electron chi connectivity index (χ0n) is 16.5. The van der Waals surface area contributed by atoms with Gasteiger partial charge in [-0.2, -0.15) is 31.3 Å². The van der Waals surface area contributed by atoms with Gasteiger partial charge in [-0.05, 0) is 36.2 Å². The quantitative estimate of drug-likeness (QED) is 0.486. The van der Waals surface area contributed by atoms with Crippen molar-refractivity contribution in [3.63, 3.8) is 0 Å². The molecule has 1 N–H and O–H groups in total. The Bertz CT molecular complexity index is 1160. The summed E-state index contributed by atoms with van der Waals surface area (Å²) in [5.41, 5.74) is 0.960. The van der Waals surface area contributed by atoms with E-state index in [4.69, 9.17) is 16.3 Å². The summed E-state index contributed by atoms with van der Waals surface area (Å²) in [5.74, 6) is -3.18. The minimum absolute atomic E-state index is 0.0730. The van der Waals surface area contributed by atoms with Crippen LogP contribution in [0.5, 0.6) is 5.88 Å². The van der Waals surface area contributed by atoms with Crippen molar-refractivity contribution in [1.82, 2.24) is 20.4 Å². The third-order valence-electron chi connectivity index (χ3n) is 4.08. The standard InChI is InChI=1S/C19H13ClF6N4O3/c1-9-4-10(2-3-13(9)20)12-5-11(6-28-16(12)32-8-18(21,22)23)15(31)27-7-14-29-17(30-33-14)19(24,25)26/h2-6H,7-8H2,1H3,(H,27,31). The molecule has 0 aliphatic rings. The van der Waals surface area contributed by atoms with Crippen LogP contribution in [0, 0.1) is 6.92 Å². The Morgan fingerprint density at radius 3 is 2.52 bits per heavy atom. The summed E-state index contributed by atoms with van der Waals surface area (Å²) in [6.07, 6.45) is -8.47. The van der Waals surface area contributed by atoms with Crippen molar-refractivity contribution in [3.8, 4) is 17.0 Å². The molecule has 0 saturated heterocycles. The van der Waals surface area contributed by atoms with Gasteiger partial charge in [0.2, 0.25) is 11.8 Å². The minimum atomic E-state index is -4.81. The molecule has 0 saturated carbocycles. The maximum atomic E-state index is 12.6. The van der Waals surface area contributed by atoms with Gasteiger partial charge in [0.15, 0.2) is 6.61 Å². The predicted molar refractivity (Wildman–Crippen MR) is 101 cm³/mol. The number of benzene rings is 1. The van der Waals surface area contributed by atoms with E-state index >= 15 is 0 Å². The smallest absolute Gasteiger partial charge is 0.455 e. The molecule has 3 aromatic rings. The zero-order chi connectivity index (χ0) is 24.4. The van der Waals surface area contributed by atoms with E-state index in [1.807, 2.05) is 0 Å². The van der Waals surface area contributed by atoms with Crippen LogP contribution in [-0.4, -0.2) is 33.8 Å². The Morgan fingerprint density at radius 2 is 1.91 bits per heavy atom. The summed E-state index contributed by atoms with van der Waals surface area (Å²) in [6, 6.07) is 5.82. The molecule has 0 unspecified atom stereocenters. The Labute approximate surface area is 186 Å². The van der Waals surface area contributed by atoms with E-state index in [0.29, 0.717) is 16.1 Å². The van der Waals surface area contributed by atoms with Gasteiger partial charge in [-0.25, -0.2) is 4.98 Å². The molecule has 1 aromatic carbocycles. The van der Waals surface area contributed by atoms with E-state index in [0.717, 1.165) is 6.20 Å². The van der Waals surface area contributed by atoms with Gasteiger partial charge in [-0.3, -0.25) is 4.79 Å². The van der Waals surface area contributed by atoms with E-state index < -0.39 is 43.1 Å². The number of pyridine rings is 1. The van der Waals surface area contributed by atoms with Crippen LogP contribution in [0.15, 0.2) is 35.0 Å². The molecule has 1 amide bonds. The van der Waals surface area contributed by atoms with Crippen molar-refractivity contribution >= 4 is 17.5 Å². The Hall–Kier alpha value is -3.35. The summed E-state index contributed by atoms with van der Waals surface area (Å²) in [4.78, 5) is 19.4. The van der Waals surface area contributed by atoms with Gasteiger partial charge >= 0.3 is 12.4 Å². The molecule has 2 aromatic heterocycles. The van der Waals surface area contributed by atoms with E-state index in [1.165, 1.54) is 18.2 Å². The van der Waals surface area contributed by atoms with Gasteiger partial charge in [0, 0.05) is 16.8 Å². The predicted octanol–water partition coefficient (Wildman–Crippen LogP) is 4.98. The summed E-state index contributed by atoms with van der Waals surface area (Å²) in [7, 11) is 0. The SMILES string of the molecule is Cc1cc(-c2cc(C(=O)NCc3nc(C(F)(F)F)no3)cnc2OCC(F)(F)F)ccc1Cl. The first kappa shape index (κ1) is 24.3. The highest BCUT2D eigenvalue weighted by atomic mass is 35.5. The van der Waals surface area contributed by atoms with Gasteiger partial charge in [0.1, 0.15) is 0 Å². The lowest BCUT2D eigenvalue weighted by atomic mass is 10.0. The van der Waals surface area contributed by atoms with E-state index in [1.54, 1.807) is 13.0 Å². The van der Waals surface area contributed by atoms with Gasteiger partial charge in [-0.1, -0.05) is 22.8 Å². The van der Waals surface area contributed by atoms with E-state index in [-0.39, 0.29) is 17.0 Å². The third kappa shape index (κ3) is 6.34. The van der Waals surface area contributed by atoms with E-state index in [2.05, 4.69) is 25.0 Å². The molecule has 2 heterocycles. The average molecular weight is 495 g/mol. The molecule has 0 fully saturated rings. The van der Waals surface area contributed by atoms with Crippen molar-refractivity contribution in [1.29, 1.82) is 0 Å². The van der Waals surface area contributed by atoms with Gasteiger partial charge in [-0.15, -0.1) is 0 Å². The fourth-order valence-electron chi connectivity index (χ4n) is 2.56. The van der Waals surface area contributed by atoms with Crippen LogP contribution < -0.4 is 10.1 Å². The first-order chi connectivity index (χ1) is 15.3. The van der Waals surface area contributed by atoms with Crippen LogP contribution in [0.3, 0.4) is 0 Å². The summed E-state index contributed by atoms with van der Waals surface area (Å²) < 4.78 is 84.6.